The number of nitrogens with zero attached hydrogens (tertiary/aromatic N) is 4. The van der Waals surface area contributed by atoms with E-state index in [-0.39, 0.29) is 36.1 Å². The number of ether oxygens (including phenoxy) is 4. The number of aromatic hydroxyl groups is 1. The summed E-state index contributed by atoms with van der Waals surface area (Å²) in [6, 6.07) is 12.3. The second kappa shape index (κ2) is 11.5. The molecule has 0 aliphatic carbocycles. The fraction of sp³-hybridized carbons (Fsp3) is 0.231. The lowest BCUT2D eigenvalue weighted by atomic mass is 10.2. The Bertz CT molecular complexity index is 1540. The van der Waals surface area contributed by atoms with Crippen LogP contribution in [-0.4, -0.2) is 46.5 Å². The molecule has 4 aromatic rings. The average molecular weight is 522 g/mol. The van der Waals surface area contributed by atoms with Crippen LogP contribution in [0.25, 0.3) is 22.4 Å². The Balaban J connectivity index is 1.77. The first kappa shape index (κ1) is 26.2. The molecule has 38 heavy (non-hydrogen) atoms. The van der Waals surface area contributed by atoms with Crippen LogP contribution in [0.2, 0.25) is 0 Å². The van der Waals surface area contributed by atoms with Gasteiger partial charge in [0.25, 0.3) is 5.56 Å². The zero-order chi connectivity index (χ0) is 27.2. The molecule has 0 aliphatic heterocycles. The Hall–Kier alpha value is -4.84. The van der Waals surface area contributed by atoms with Gasteiger partial charge in [-0.05, 0) is 31.2 Å². The van der Waals surface area contributed by atoms with E-state index >= 15 is 0 Å². The van der Waals surface area contributed by atoms with Gasteiger partial charge in [0.2, 0.25) is 11.8 Å². The summed E-state index contributed by atoms with van der Waals surface area (Å²) in [4.78, 5) is 17.2. The Kier molecular flexibility index (Phi) is 7.92. The molecule has 12 nitrogen and oxygen atoms in total. The monoisotopic (exact) mass is 521 g/mol. The number of hydrogen-bond acceptors (Lipinski definition) is 11. The van der Waals surface area contributed by atoms with Gasteiger partial charge in [-0.25, -0.2) is 0 Å². The summed E-state index contributed by atoms with van der Waals surface area (Å²) in [6.07, 6.45) is 0.0394. The van der Waals surface area contributed by atoms with Crippen LogP contribution in [0.3, 0.4) is 0 Å². The zero-order valence-corrected chi connectivity index (χ0v) is 21.1. The molecule has 0 fully saturated rings. The Morgan fingerprint density at radius 2 is 1.87 bits per heavy atom. The molecule has 2 aromatic carbocycles. The summed E-state index contributed by atoms with van der Waals surface area (Å²) in [5.74, 6) is 5.60. The summed E-state index contributed by atoms with van der Waals surface area (Å²) >= 11 is 0. The van der Waals surface area contributed by atoms with E-state index in [1.54, 1.807) is 31.2 Å². The van der Waals surface area contributed by atoms with E-state index in [1.807, 2.05) is 18.2 Å². The summed E-state index contributed by atoms with van der Waals surface area (Å²) in [5, 5.41) is 19.9. The van der Waals surface area contributed by atoms with Gasteiger partial charge in [0.05, 0.1) is 20.6 Å². The molecular weight excluding hydrogens is 494 g/mol. The van der Waals surface area contributed by atoms with Gasteiger partial charge in [0.15, 0.2) is 5.58 Å². The maximum absolute atomic E-state index is 13.1. The number of fused-ring (bicyclic) bond motifs is 1. The van der Waals surface area contributed by atoms with E-state index in [0.29, 0.717) is 35.1 Å². The third-order valence-corrected chi connectivity index (χ3v) is 5.63. The van der Waals surface area contributed by atoms with Crippen molar-refractivity contribution >= 4 is 22.6 Å². The van der Waals surface area contributed by atoms with Gasteiger partial charge in [-0.15, -0.1) is 5.10 Å². The second-order valence-electron chi connectivity index (χ2n) is 7.87. The van der Waals surface area contributed by atoms with Crippen molar-refractivity contribution < 1.29 is 28.6 Å². The first-order valence-corrected chi connectivity index (χ1v) is 11.5. The average Bonchev–Trinajstić information content (AvgIpc) is 3.33. The minimum atomic E-state index is -0.796. The van der Waals surface area contributed by atoms with E-state index < -0.39 is 11.4 Å². The van der Waals surface area contributed by atoms with Crippen molar-refractivity contribution in [3.63, 3.8) is 0 Å². The van der Waals surface area contributed by atoms with Crippen molar-refractivity contribution in [2.24, 2.45) is 10.9 Å². The molecule has 0 bridgehead atoms. The number of hydrazone groups is 1. The number of aromatic nitrogens is 3. The maximum Gasteiger partial charge on any atom is 0.288 e. The van der Waals surface area contributed by atoms with Gasteiger partial charge >= 0.3 is 0 Å². The van der Waals surface area contributed by atoms with Crippen LogP contribution >= 0.6 is 0 Å². The van der Waals surface area contributed by atoms with Crippen molar-refractivity contribution in [2.75, 3.05) is 20.8 Å². The molecule has 0 aliphatic rings. The van der Waals surface area contributed by atoms with E-state index in [4.69, 9.17) is 29.3 Å². The molecule has 0 atom stereocenters. The lowest BCUT2D eigenvalue weighted by molar-refractivity contribution is 0.125. The molecule has 0 saturated heterocycles. The van der Waals surface area contributed by atoms with Crippen molar-refractivity contribution in [3.05, 3.63) is 76.5 Å². The van der Waals surface area contributed by atoms with Gasteiger partial charge in [-0.1, -0.05) is 29.9 Å². The van der Waals surface area contributed by atoms with E-state index in [0.717, 1.165) is 5.39 Å². The molecule has 3 N–H and O–H groups in total. The second-order valence-corrected chi connectivity index (χ2v) is 7.87. The lowest BCUT2D eigenvalue weighted by Gasteiger charge is -2.21. The first-order valence-electron chi connectivity index (χ1n) is 11.5. The molecule has 12 heteroatoms. The highest BCUT2D eigenvalue weighted by molar-refractivity contribution is 5.89. The van der Waals surface area contributed by atoms with Gasteiger partial charge < -0.3 is 34.4 Å². The van der Waals surface area contributed by atoms with Crippen molar-refractivity contribution in [1.29, 1.82) is 0 Å². The predicted molar refractivity (Wildman–Crippen MR) is 139 cm³/mol. The fourth-order valence-corrected chi connectivity index (χ4v) is 3.88. The minimum Gasteiger partial charge on any atom is -0.494 e. The van der Waals surface area contributed by atoms with Crippen LogP contribution in [0.4, 0.5) is 0 Å². The molecule has 0 amide bonds. The Labute approximate surface area is 217 Å². The Morgan fingerprint density at radius 1 is 1.16 bits per heavy atom. The van der Waals surface area contributed by atoms with E-state index in [1.165, 1.54) is 18.8 Å². The fourth-order valence-electron chi connectivity index (χ4n) is 3.88. The molecule has 0 saturated carbocycles. The smallest absolute Gasteiger partial charge is 0.288 e. The SMILES string of the molecule is C=C(O/C(Cc1noc2ccccc12)=N\N)c1c(O)n(-c2c(OC)cccc2OC)c(COCC)nc1=O. The molecule has 4 rings (SSSR count). The largest absolute Gasteiger partial charge is 0.494 e. The highest BCUT2D eigenvalue weighted by Gasteiger charge is 2.26. The van der Waals surface area contributed by atoms with Crippen LogP contribution in [-0.2, 0) is 22.5 Å². The highest BCUT2D eigenvalue weighted by atomic mass is 16.5. The van der Waals surface area contributed by atoms with Crippen LogP contribution < -0.4 is 20.9 Å². The molecular formula is C26H27N5O7. The first-order chi connectivity index (χ1) is 18.4. The predicted octanol–water partition coefficient (Wildman–Crippen LogP) is 3.14. The minimum absolute atomic E-state index is 0.0207. The topological polar surface area (TPSA) is 156 Å². The zero-order valence-electron chi connectivity index (χ0n) is 21.1. The number of nitrogens with two attached hydrogens (primary N) is 1. The van der Waals surface area contributed by atoms with Crippen LogP contribution in [0.1, 0.15) is 24.0 Å². The summed E-state index contributed by atoms with van der Waals surface area (Å²) in [6.45, 7) is 5.89. The van der Waals surface area contributed by atoms with E-state index in [2.05, 4.69) is 21.8 Å². The molecule has 0 radical (unpaired) electrons. The molecule has 0 unspecified atom stereocenters. The van der Waals surface area contributed by atoms with Gasteiger partial charge in [0, 0.05) is 12.0 Å². The third-order valence-electron chi connectivity index (χ3n) is 5.63. The number of para-hydroxylation sites is 2. The summed E-state index contributed by atoms with van der Waals surface area (Å²) in [5.41, 5.74) is 0.286. The van der Waals surface area contributed by atoms with Crippen molar-refractivity contribution in [3.8, 4) is 23.1 Å². The Morgan fingerprint density at radius 3 is 2.53 bits per heavy atom. The van der Waals surface area contributed by atoms with Gasteiger partial charge in [-0.3, -0.25) is 9.36 Å². The number of rotatable bonds is 10. The molecule has 2 aromatic heterocycles. The third kappa shape index (κ3) is 5.02. The van der Waals surface area contributed by atoms with Crippen molar-refractivity contribution in [1.82, 2.24) is 14.7 Å². The molecule has 0 spiro atoms. The molecule has 2 heterocycles. The number of methoxy groups -OCH3 is 2. The summed E-state index contributed by atoms with van der Waals surface area (Å²) in [7, 11) is 2.93. The van der Waals surface area contributed by atoms with Crippen LogP contribution in [0.15, 0.2) is 63.5 Å². The van der Waals surface area contributed by atoms with E-state index in [9.17, 15) is 9.90 Å². The van der Waals surface area contributed by atoms with Gasteiger partial charge in [0.1, 0.15) is 46.6 Å². The van der Waals surface area contributed by atoms with Crippen LogP contribution in [0, 0.1) is 0 Å². The van der Waals surface area contributed by atoms with Crippen LogP contribution in [0.5, 0.6) is 17.4 Å². The lowest BCUT2D eigenvalue weighted by Crippen LogP contribution is -2.24. The standard InChI is InChI=1S/C26H27N5O7/c1-5-36-14-21-28-25(32)23(26(33)31(21)24-19(34-3)11-8-12-20(24)35-4)15(2)37-22(29-27)13-17-16-9-6-7-10-18(16)38-30-17/h6-12,33H,2,5,13-14,27H2,1,3-4H3/b29-22-. The number of hydrogen-bond donors (Lipinski definition) is 2. The summed E-state index contributed by atoms with van der Waals surface area (Å²) < 4.78 is 28.8. The number of benzene rings is 2. The van der Waals surface area contributed by atoms with Gasteiger partial charge in [-0.2, -0.15) is 4.98 Å². The normalized spacial score (nSPS) is 11.5. The van der Waals surface area contributed by atoms with Crippen molar-refractivity contribution in [2.45, 2.75) is 20.0 Å². The molecule has 198 valence electrons. The highest BCUT2D eigenvalue weighted by Crippen LogP contribution is 2.37. The quantitative estimate of drug-likeness (QED) is 0.104. The maximum atomic E-state index is 13.1.